The maximum absolute atomic E-state index is 14.0. The summed E-state index contributed by atoms with van der Waals surface area (Å²) in [7, 11) is 0. The number of nitrogens with zero attached hydrogens (tertiary/aromatic N) is 1. The van der Waals surface area contributed by atoms with E-state index in [1.807, 2.05) is 0 Å². The van der Waals surface area contributed by atoms with Crippen molar-refractivity contribution in [2.24, 2.45) is 11.8 Å². The zero-order valence-electron chi connectivity index (χ0n) is 10.5. The Balaban J connectivity index is 2.02. The average Bonchev–Trinajstić information content (AvgIpc) is 2.85. The molecule has 1 saturated carbocycles. The van der Waals surface area contributed by atoms with Gasteiger partial charge < -0.3 is 5.11 Å². The van der Waals surface area contributed by atoms with Gasteiger partial charge in [-0.15, -0.1) is 0 Å². The van der Waals surface area contributed by atoms with Gasteiger partial charge in [0, 0.05) is 11.8 Å². The minimum atomic E-state index is -1.26. The molecule has 1 aliphatic heterocycles. The van der Waals surface area contributed by atoms with Gasteiger partial charge in [-0.1, -0.05) is 0 Å². The molecule has 0 radical (unpaired) electrons. The van der Waals surface area contributed by atoms with Crippen molar-refractivity contribution in [2.75, 3.05) is 4.90 Å². The molecule has 20 heavy (non-hydrogen) atoms. The number of rotatable bonds is 2. The fourth-order valence-corrected chi connectivity index (χ4v) is 2.96. The third-order valence-corrected chi connectivity index (χ3v) is 4.01. The van der Waals surface area contributed by atoms with E-state index in [-0.39, 0.29) is 34.9 Å². The number of carbonyl (C=O) groups is 3. The number of imide groups is 1. The Hall–Kier alpha value is -2.24. The minimum Gasteiger partial charge on any atom is -0.478 e. The number of halogens is 1. The number of carboxylic acids is 1. The zero-order chi connectivity index (χ0) is 14.4. The highest BCUT2D eigenvalue weighted by Gasteiger charge is 2.46. The van der Waals surface area contributed by atoms with E-state index in [0.29, 0.717) is 19.3 Å². The highest BCUT2D eigenvalue weighted by Crippen LogP contribution is 2.40. The normalized spacial score (nSPS) is 25.1. The van der Waals surface area contributed by atoms with Crippen LogP contribution in [0.1, 0.15) is 29.6 Å². The molecule has 0 spiro atoms. The summed E-state index contributed by atoms with van der Waals surface area (Å²) >= 11 is 0. The number of aromatic carboxylic acids is 1. The number of hydrogen-bond acceptors (Lipinski definition) is 3. The molecule has 1 aromatic rings. The van der Waals surface area contributed by atoms with Crippen LogP contribution in [0, 0.1) is 17.7 Å². The molecule has 2 atom stereocenters. The number of fused-ring (bicyclic) bond motifs is 2. The average molecular weight is 277 g/mol. The van der Waals surface area contributed by atoms with E-state index in [4.69, 9.17) is 5.11 Å². The summed E-state index contributed by atoms with van der Waals surface area (Å²) in [4.78, 5) is 36.0. The zero-order valence-corrected chi connectivity index (χ0v) is 10.5. The number of benzene rings is 1. The Kier molecular flexibility index (Phi) is 2.81. The molecule has 1 saturated heterocycles. The van der Waals surface area contributed by atoms with Crippen LogP contribution in [0.3, 0.4) is 0 Å². The van der Waals surface area contributed by atoms with E-state index in [1.54, 1.807) is 0 Å². The SMILES string of the molecule is O=C(O)c1ccc(N2C(=O)C3CCC(C3)C2=O)c(F)c1. The van der Waals surface area contributed by atoms with Gasteiger partial charge in [0.2, 0.25) is 11.8 Å². The summed E-state index contributed by atoms with van der Waals surface area (Å²) < 4.78 is 14.0. The summed E-state index contributed by atoms with van der Waals surface area (Å²) in [5.41, 5.74) is -0.368. The first-order chi connectivity index (χ1) is 9.49. The van der Waals surface area contributed by atoms with E-state index in [0.717, 1.165) is 11.0 Å². The van der Waals surface area contributed by atoms with E-state index in [2.05, 4.69) is 0 Å². The van der Waals surface area contributed by atoms with Crippen LogP contribution in [0.5, 0.6) is 0 Å². The number of anilines is 1. The molecule has 1 aromatic carbocycles. The Morgan fingerprint density at radius 3 is 2.30 bits per heavy atom. The second-order valence-electron chi connectivity index (χ2n) is 5.19. The maximum Gasteiger partial charge on any atom is 0.335 e. The van der Waals surface area contributed by atoms with Gasteiger partial charge in [0.05, 0.1) is 11.3 Å². The van der Waals surface area contributed by atoms with Crippen LogP contribution < -0.4 is 4.90 Å². The molecule has 2 bridgehead atoms. The number of carbonyl (C=O) groups excluding carboxylic acids is 2. The van der Waals surface area contributed by atoms with E-state index >= 15 is 0 Å². The maximum atomic E-state index is 14.0. The minimum absolute atomic E-state index is 0.151. The van der Waals surface area contributed by atoms with Crippen LogP contribution in [0.2, 0.25) is 0 Å². The van der Waals surface area contributed by atoms with Crippen molar-refractivity contribution in [3.63, 3.8) is 0 Å². The summed E-state index contributed by atoms with van der Waals surface area (Å²) in [6.45, 7) is 0. The molecule has 2 unspecified atom stereocenters. The molecule has 3 rings (SSSR count). The number of piperidine rings is 1. The fourth-order valence-electron chi connectivity index (χ4n) is 2.96. The molecule has 1 N–H and O–H groups in total. The van der Waals surface area contributed by atoms with Crippen LogP contribution in [0.25, 0.3) is 0 Å². The largest absolute Gasteiger partial charge is 0.478 e. The number of hydrogen-bond donors (Lipinski definition) is 1. The highest BCUT2D eigenvalue weighted by molar-refractivity contribution is 6.18. The lowest BCUT2D eigenvalue weighted by Crippen LogP contribution is -2.46. The van der Waals surface area contributed by atoms with E-state index in [9.17, 15) is 18.8 Å². The smallest absolute Gasteiger partial charge is 0.335 e. The van der Waals surface area contributed by atoms with Crippen LogP contribution in [0.4, 0.5) is 10.1 Å². The molecule has 2 fully saturated rings. The lowest BCUT2D eigenvalue weighted by molar-refractivity contribution is -0.133. The Morgan fingerprint density at radius 1 is 1.20 bits per heavy atom. The van der Waals surface area contributed by atoms with Crippen LogP contribution in [-0.2, 0) is 9.59 Å². The third kappa shape index (κ3) is 1.79. The van der Waals surface area contributed by atoms with Crippen LogP contribution in [0.15, 0.2) is 18.2 Å². The monoisotopic (exact) mass is 277 g/mol. The molecule has 2 aliphatic rings. The quantitative estimate of drug-likeness (QED) is 0.837. The van der Waals surface area contributed by atoms with Gasteiger partial charge in [0.1, 0.15) is 5.82 Å². The second kappa shape index (κ2) is 4.40. The van der Waals surface area contributed by atoms with Gasteiger partial charge in [-0.3, -0.25) is 9.59 Å². The molecule has 1 heterocycles. The Bertz CT molecular complexity index is 606. The van der Waals surface area contributed by atoms with Crippen molar-refractivity contribution in [3.8, 4) is 0 Å². The van der Waals surface area contributed by atoms with Crippen molar-refractivity contribution in [1.82, 2.24) is 0 Å². The molecule has 0 aromatic heterocycles. The van der Waals surface area contributed by atoms with Crippen LogP contribution in [-0.4, -0.2) is 22.9 Å². The standard InChI is InChI=1S/C14H12FNO4/c15-10-6-9(14(19)20)3-4-11(10)16-12(17)7-1-2-8(5-7)13(16)18/h3-4,6-8H,1-2,5H2,(H,19,20). The molecule has 5 nitrogen and oxygen atoms in total. The number of carboxylic acid groups (broad SMARTS) is 1. The van der Waals surface area contributed by atoms with Crippen molar-refractivity contribution in [2.45, 2.75) is 19.3 Å². The van der Waals surface area contributed by atoms with Gasteiger partial charge in [-0.2, -0.15) is 0 Å². The lowest BCUT2D eigenvalue weighted by atomic mass is 9.96. The predicted molar refractivity (Wildman–Crippen MR) is 66.7 cm³/mol. The third-order valence-electron chi connectivity index (χ3n) is 4.01. The lowest BCUT2D eigenvalue weighted by Gasteiger charge is -2.29. The first kappa shape index (κ1) is 12.8. The molecular formula is C14H12FNO4. The molecular weight excluding hydrogens is 265 g/mol. The fraction of sp³-hybridized carbons (Fsp3) is 0.357. The van der Waals surface area contributed by atoms with Crippen molar-refractivity contribution in [1.29, 1.82) is 0 Å². The Labute approximate surface area is 114 Å². The molecule has 2 amide bonds. The van der Waals surface area contributed by atoms with Gasteiger partial charge in [0.15, 0.2) is 0 Å². The van der Waals surface area contributed by atoms with Gasteiger partial charge in [-0.05, 0) is 37.5 Å². The first-order valence-corrected chi connectivity index (χ1v) is 6.39. The van der Waals surface area contributed by atoms with Gasteiger partial charge in [-0.25, -0.2) is 14.1 Å². The summed E-state index contributed by atoms with van der Waals surface area (Å²) in [6.07, 6.45) is 1.85. The second-order valence-corrected chi connectivity index (χ2v) is 5.19. The number of amides is 2. The van der Waals surface area contributed by atoms with Crippen molar-refractivity contribution >= 4 is 23.5 Å². The predicted octanol–water partition coefficient (Wildman–Crippen LogP) is 1.81. The van der Waals surface area contributed by atoms with E-state index in [1.165, 1.54) is 12.1 Å². The topological polar surface area (TPSA) is 74.7 Å². The van der Waals surface area contributed by atoms with E-state index < -0.39 is 11.8 Å². The Morgan fingerprint density at radius 2 is 1.80 bits per heavy atom. The summed E-state index contributed by atoms with van der Waals surface area (Å²) in [5.74, 6) is -3.34. The van der Waals surface area contributed by atoms with Crippen molar-refractivity contribution in [3.05, 3.63) is 29.6 Å². The molecule has 104 valence electrons. The summed E-state index contributed by atoms with van der Waals surface area (Å²) in [5, 5.41) is 8.79. The molecule has 1 aliphatic carbocycles. The highest BCUT2D eigenvalue weighted by atomic mass is 19.1. The first-order valence-electron chi connectivity index (χ1n) is 6.39. The van der Waals surface area contributed by atoms with Crippen LogP contribution >= 0.6 is 0 Å². The van der Waals surface area contributed by atoms with Crippen molar-refractivity contribution < 1.29 is 23.9 Å². The van der Waals surface area contributed by atoms with Gasteiger partial charge >= 0.3 is 5.97 Å². The molecule has 6 heteroatoms. The van der Waals surface area contributed by atoms with Gasteiger partial charge in [0.25, 0.3) is 0 Å². The summed E-state index contributed by atoms with van der Waals surface area (Å²) in [6, 6.07) is 3.20.